The lowest BCUT2D eigenvalue weighted by Gasteiger charge is -2.15. The highest BCUT2D eigenvalue weighted by molar-refractivity contribution is 5.85. The van der Waals surface area contributed by atoms with Gasteiger partial charge in [-0.3, -0.25) is 9.58 Å². The lowest BCUT2D eigenvalue weighted by atomic mass is 10.2. The van der Waals surface area contributed by atoms with Gasteiger partial charge in [0.1, 0.15) is 5.69 Å². The van der Waals surface area contributed by atoms with E-state index in [2.05, 4.69) is 15.0 Å². The minimum absolute atomic E-state index is 0.0762. The standard InChI is InChI=1S/C13H16N4O2/c1-16(7-10-6-14-17(2)8-10)9-11-4-3-5-12(15-11)13(18)19/h3-6,8H,7,9H2,1-2H3,(H,18,19). The van der Waals surface area contributed by atoms with Crippen LogP contribution in [0.5, 0.6) is 0 Å². The van der Waals surface area contributed by atoms with Crippen molar-refractivity contribution in [3.8, 4) is 0 Å². The second kappa shape index (κ2) is 5.62. The lowest BCUT2D eigenvalue weighted by molar-refractivity contribution is 0.0690. The molecule has 0 aliphatic heterocycles. The van der Waals surface area contributed by atoms with Gasteiger partial charge in [-0.1, -0.05) is 6.07 Å². The van der Waals surface area contributed by atoms with Crippen molar-refractivity contribution in [2.24, 2.45) is 7.05 Å². The van der Waals surface area contributed by atoms with E-state index in [9.17, 15) is 4.79 Å². The second-order valence-corrected chi connectivity index (χ2v) is 4.51. The number of hydrogen-bond donors (Lipinski definition) is 1. The van der Waals surface area contributed by atoms with Crippen molar-refractivity contribution in [1.82, 2.24) is 19.7 Å². The molecule has 1 N–H and O–H groups in total. The highest BCUT2D eigenvalue weighted by atomic mass is 16.4. The van der Waals surface area contributed by atoms with Gasteiger partial charge in [-0.05, 0) is 19.2 Å². The minimum Gasteiger partial charge on any atom is -0.477 e. The van der Waals surface area contributed by atoms with E-state index < -0.39 is 5.97 Å². The number of rotatable bonds is 5. The van der Waals surface area contributed by atoms with Gasteiger partial charge in [0.05, 0.1) is 11.9 Å². The third-order valence-corrected chi connectivity index (χ3v) is 2.67. The summed E-state index contributed by atoms with van der Waals surface area (Å²) in [5, 5.41) is 13.0. The van der Waals surface area contributed by atoms with Crippen molar-refractivity contribution >= 4 is 5.97 Å². The zero-order valence-corrected chi connectivity index (χ0v) is 10.9. The summed E-state index contributed by atoms with van der Waals surface area (Å²) in [6.07, 6.45) is 3.77. The fraction of sp³-hybridized carbons (Fsp3) is 0.308. The molecule has 2 aromatic heterocycles. The summed E-state index contributed by atoms with van der Waals surface area (Å²) in [5.74, 6) is -1.00. The average Bonchev–Trinajstić information content (AvgIpc) is 2.74. The number of aryl methyl sites for hydroxylation is 1. The summed E-state index contributed by atoms with van der Waals surface area (Å²) >= 11 is 0. The molecule has 100 valence electrons. The van der Waals surface area contributed by atoms with E-state index >= 15 is 0 Å². The predicted molar refractivity (Wildman–Crippen MR) is 69.6 cm³/mol. The van der Waals surface area contributed by atoms with Crippen LogP contribution in [-0.4, -0.2) is 37.8 Å². The normalized spacial score (nSPS) is 10.9. The molecule has 0 amide bonds. The zero-order valence-electron chi connectivity index (χ0n) is 10.9. The topological polar surface area (TPSA) is 71.2 Å². The Hall–Kier alpha value is -2.21. The number of nitrogens with zero attached hydrogens (tertiary/aromatic N) is 4. The molecular weight excluding hydrogens is 244 g/mol. The Balaban J connectivity index is 2.00. The van der Waals surface area contributed by atoms with E-state index in [1.54, 1.807) is 10.7 Å². The molecule has 6 nitrogen and oxygen atoms in total. The van der Waals surface area contributed by atoms with Gasteiger partial charge in [0, 0.05) is 31.9 Å². The molecule has 0 saturated carbocycles. The number of carbonyl (C=O) groups is 1. The largest absolute Gasteiger partial charge is 0.477 e. The fourth-order valence-corrected chi connectivity index (χ4v) is 1.88. The Labute approximate surface area is 111 Å². The van der Waals surface area contributed by atoms with Gasteiger partial charge in [0.2, 0.25) is 0 Å². The van der Waals surface area contributed by atoms with Gasteiger partial charge in [-0.15, -0.1) is 0 Å². The summed E-state index contributed by atoms with van der Waals surface area (Å²) < 4.78 is 1.76. The van der Waals surface area contributed by atoms with Crippen molar-refractivity contribution in [3.63, 3.8) is 0 Å². The van der Waals surface area contributed by atoms with Crippen LogP contribution in [0, 0.1) is 0 Å². The van der Waals surface area contributed by atoms with E-state index in [0.29, 0.717) is 6.54 Å². The monoisotopic (exact) mass is 260 g/mol. The van der Waals surface area contributed by atoms with Crippen LogP contribution in [0.15, 0.2) is 30.6 Å². The predicted octanol–water partition coefficient (Wildman–Crippen LogP) is 1.15. The Morgan fingerprint density at radius 2 is 2.21 bits per heavy atom. The number of hydrogen-bond acceptors (Lipinski definition) is 4. The summed E-state index contributed by atoms with van der Waals surface area (Å²) in [6.45, 7) is 1.34. The second-order valence-electron chi connectivity index (χ2n) is 4.51. The Morgan fingerprint density at radius 3 is 2.84 bits per heavy atom. The van der Waals surface area contributed by atoms with Crippen molar-refractivity contribution in [2.45, 2.75) is 13.1 Å². The molecule has 0 unspecified atom stereocenters. The Morgan fingerprint density at radius 1 is 1.42 bits per heavy atom. The van der Waals surface area contributed by atoms with Gasteiger partial charge in [-0.2, -0.15) is 5.10 Å². The quantitative estimate of drug-likeness (QED) is 0.873. The molecule has 0 aromatic carbocycles. The first-order valence-electron chi connectivity index (χ1n) is 5.90. The summed E-state index contributed by atoms with van der Waals surface area (Å²) in [7, 11) is 3.84. The summed E-state index contributed by atoms with van der Waals surface area (Å²) in [5.41, 5.74) is 1.93. The maximum Gasteiger partial charge on any atom is 0.354 e. The van der Waals surface area contributed by atoms with Crippen molar-refractivity contribution < 1.29 is 9.90 Å². The number of pyridine rings is 1. The molecule has 0 radical (unpaired) electrons. The Kier molecular flexibility index (Phi) is 3.91. The highest BCUT2D eigenvalue weighted by Gasteiger charge is 2.08. The van der Waals surface area contributed by atoms with Gasteiger partial charge in [0.15, 0.2) is 0 Å². The average molecular weight is 260 g/mol. The number of aromatic carboxylic acids is 1. The maximum atomic E-state index is 10.8. The molecule has 0 atom stereocenters. The maximum absolute atomic E-state index is 10.8. The molecule has 19 heavy (non-hydrogen) atoms. The minimum atomic E-state index is -1.00. The Bertz CT molecular complexity index is 580. The van der Waals surface area contributed by atoms with E-state index in [1.807, 2.05) is 32.6 Å². The van der Waals surface area contributed by atoms with E-state index in [0.717, 1.165) is 17.8 Å². The molecule has 0 aliphatic rings. The van der Waals surface area contributed by atoms with Crippen LogP contribution >= 0.6 is 0 Å². The van der Waals surface area contributed by atoms with Crippen LogP contribution in [0.3, 0.4) is 0 Å². The first-order chi connectivity index (χ1) is 9.04. The van der Waals surface area contributed by atoms with Gasteiger partial charge in [0.25, 0.3) is 0 Å². The van der Waals surface area contributed by atoms with Crippen molar-refractivity contribution in [2.75, 3.05) is 7.05 Å². The zero-order chi connectivity index (χ0) is 13.8. The summed E-state index contributed by atoms with van der Waals surface area (Å²) in [4.78, 5) is 17.0. The highest BCUT2D eigenvalue weighted by Crippen LogP contribution is 2.06. The van der Waals surface area contributed by atoms with Gasteiger partial charge < -0.3 is 5.11 Å². The van der Waals surface area contributed by atoms with Crippen LogP contribution in [0.2, 0.25) is 0 Å². The SMILES string of the molecule is CN(Cc1cnn(C)c1)Cc1cccc(C(=O)O)n1. The number of aromatic nitrogens is 3. The van der Waals surface area contributed by atoms with Crippen LogP contribution in [0.25, 0.3) is 0 Å². The first kappa shape index (κ1) is 13.2. The first-order valence-corrected chi connectivity index (χ1v) is 5.90. The lowest BCUT2D eigenvalue weighted by Crippen LogP contribution is -2.18. The molecule has 6 heteroatoms. The fourth-order valence-electron chi connectivity index (χ4n) is 1.88. The third-order valence-electron chi connectivity index (χ3n) is 2.67. The molecule has 0 aliphatic carbocycles. The molecule has 2 heterocycles. The molecular formula is C13H16N4O2. The van der Waals surface area contributed by atoms with Gasteiger partial charge in [-0.25, -0.2) is 9.78 Å². The number of carboxylic acids is 1. The van der Waals surface area contributed by atoms with E-state index in [1.165, 1.54) is 6.07 Å². The van der Waals surface area contributed by atoms with Crippen molar-refractivity contribution in [1.29, 1.82) is 0 Å². The molecule has 0 bridgehead atoms. The van der Waals surface area contributed by atoms with Crippen LogP contribution < -0.4 is 0 Å². The molecule has 0 fully saturated rings. The smallest absolute Gasteiger partial charge is 0.354 e. The summed E-state index contributed by atoms with van der Waals surface area (Å²) in [6, 6.07) is 5.03. The van der Waals surface area contributed by atoms with E-state index in [4.69, 9.17) is 5.11 Å². The van der Waals surface area contributed by atoms with Crippen LogP contribution in [0.4, 0.5) is 0 Å². The van der Waals surface area contributed by atoms with Crippen LogP contribution in [0.1, 0.15) is 21.7 Å². The van der Waals surface area contributed by atoms with Gasteiger partial charge >= 0.3 is 5.97 Å². The van der Waals surface area contributed by atoms with Crippen LogP contribution in [-0.2, 0) is 20.1 Å². The van der Waals surface area contributed by atoms with Crippen molar-refractivity contribution in [3.05, 3.63) is 47.5 Å². The molecule has 2 aromatic rings. The molecule has 0 spiro atoms. The van der Waals surface area contributed by atoms with E-state index in [-0.39, 0.29) is 5.69 Å². The number of carboxylic acid groups (broad SMARTS) is 1. The third kappa shape index (κ3) is 3.62. The molecule has 2 rings (SSSR count). The molecule has 0 saturated heterocycles.